The van der Waals surface area contributed by atoms with E-state index in [0.29, 0.717) is 12.8 Å². The van der Waals surface area contributed by atoms with Gasteiger partial charge < -0.3 is 14.5 Å². The van der Waals surface area contributed by atoms with Crippen LogP contribution in [0.15, 0.2) is 59.0 Å². The van der Waals surface area contributed by atoms with Gasteiger partial charge in [-0.2, -0.15) is 0 Å². The van der Waals surface area contributed by atoms with Gasteiger partial charge in [0.1, 0.15) is 17.3 Å². The largest absolute Gasteiger partial charge is 0.497 e. The second-order valence-electron chi connectivity index (χ2n) is 6.36. The van der Waals surface area contributed by atoms with Crippen molar-refractivity contribution >= 4 is 11.6 Å². The lowest BCUT2D eigenvalue weighted by atomic mass is 10.1. The number of methoxy groups -OCH3 is 1. The zero-order chi connectivity index (χ0) is 18.5. The molecule has 4 heteroatoms. The number of hydrogen-bond donors (Lipinski definition) is 1. The Morgan fingerprint density at radius 1 is 1.04 bits per heavy atom. The Morgan fingerprint density at radius 3 is 2.54 bits per heavy atom. The predicted molar refractivity (Wildman–Crippen MR) is 104 cm³/mol. The molecule has 1 N–H and O–H groups in total. The van der Waals surface area contributed by atoms with E-state index in [2.05, 4.69) is 5.32 Å². The number of ether oxygens (including phenoxy) is 1. The Kier molecular flexibility index (Phi) is 5.42. The van der Waals surface area contributed by atoms with E-state index >= 15 is 0 Å². The molecular weight excluding hydrogens is 326 g/mol. The maximum absolute atomic E-state index is 12.2. The fourth-order valence-corrected chi connectivity index (χ4v) is 2.74. The monoisotopic (exact) mass is 349 g/mol. The van der Waals surface area contributed by atoms with E-state index in [4.69, 9.17) is 9.15 Å². The molecule has 134 valence electrons. The van der Waals surface area contributed by atoms with Crippen molar-refractivity contribution in [2.75, 3.05) is 12.4 Å². The standard InChI is InChI=1S/C22H23NO3/c1-15-4-5-16(2)20(14-15)23-22(24)13-11-19-10-12-21(26-19)17-6-8-18(25-3)9-7-17/h4-10,12,14H,11,13H2,1-3H3,(H,23,24). The molecule has 3 rings (SSSR count). The van der Waals surface area contributed by atoms with E-state index in [9.17, 15) is 4.79 Å². The van der Waals surface area contributed by atoms with Gasteiger partial charge in [-0.25, -0.2) is 0 Å². The third-order valence-corrected chi connectivity index (χ3v) is 4.30. The first-order chi connectivity index (χ1) is 12.5. The number of aryl methyl sites for hydroxylation is 3. The third kappa shape index (κ3) is 4.33. The molecule has 1 amide bonds. The molecule has 0 spiro atoms. The van der Waals surface area contributed by atoms with Crippen LogP contribution >= 0.6 is 0 Å². The number of hydrogen-bond acceptors (Lipinski definition) is 3. The molecule has 4 nitrogen and oxygen atoms in total. The SMILES string of the molecule is COc1ccc(-c2ccc(CCC(=O)Nc3cc(C)ccc3C)o2)cc1. The van der Waals surface area contributed by atoms with Gasteiger partial charge in [0.2, 0.25) is 5.91 Å². The van der Waals surface area contributed by atoms with Crippen molar-refractivity contribution < 1.29 is 13.9 Å². The molecule has 2 aromatic carbocycles. The lowest BCUT2D eigenvalue weighted by Gasteiger charge is -2.09. The van der Waals surface area contributed by atoms with Crippen molar-refractivity contribution in [3.63, 3.8) is 0 Å². The van der Waals surface area contributed by atoms with Crippen LogP contribution < -0.4 is 10.1 Å². The van der Waals surface area contributed by atoms with Gasteiger partial charge in [-0.1, -0.05) is 12.1 Å². The van der Waals surface area contributed by atoms with E-state index in [0.717, 1.165) is 39.6 Å². The number of furan rings is 1. The molecule has 0 fully saturated rings. The summed E-state index contributed by atoms with van der Waals surface area (Å²) in [6.07, 6.45) is 0.940. The quantitative estimate of drug-likeness (QED) is 0.670. The maximum Gasteiger partial charge on any atom is 0.224 e. The van der Waals surface area contributed by atoms with Crippen LogP contribution in [-0.4, -0.2) is 13.0 Å². The van der Waals surface area contributed by atoms with Gasteiger partial charge in [-0.15, -0.1) is 0 Å². The fraction of sp³-hybridized carbons (Fsp3) is 0.227. The summed E-state index contributed by atoms with van der Waals surface area (Å²) < 4.78 is 11.0. The number of anilines is 1. The third-order valence-electron chi connectivity index (χ3n) is 4.30. The van der Waals surface area contributed by atoms with E-state index in [1.165, 1.54) is 0 Å². The first kappa shape index (κ1) is 17.8. The highest BCUT2D eigenvalue weighted by molar-refractivity contribution is 5.91. The highest BCUT2D eigenvalue weighted by Crippen LogP contribution is 2.25. The molecule has 1 aromatic heterocycles. The van der Waals surface area contributed by atoms with E-state index < -0.39 is 0 Å². The molecule has 0 aliphatic carbocycles. The van der Waals surface area contributed by atoms with Crippen molar-refractivity contribution in [1.82, 2.24) is 0 Å². The topological polar surface area (TPSA) is 51.5 Å². The van der Waals surface area contributed by atoms with E-state index in [1.807, 2.05) is 68.4 Å². The molecule has 0 bridgehead atoms. The molecule has 0 aliphatic heterocycles. The first-order valence-corrected chi connectivity index (χ1v) is 8.65. The van der Waals surface area contributed by atoms with Crippen molar-refractivity contribution in [1.29, 1.82) is 0 Å². The van der Waals surface area contributed by atoms with Gasteiger partial charge in [0.05, 0.1) is 7.11 Å². The van der Waals surface area contributed by atoms with Crippen LogP contribution in [0.5, 0.6) is 5.75 Å². The Bertz CT molecular complexity index is 894. The number of rotatable bonds is 6. The molecule has 3 aromatic rings. The average molecular weight is 349 g/mol. The van der Waals surface area contributed by atoms with Gasteiger partial charge in [0.15, 0.2) is 0 Å². The molecule has 0 radical (unpaired) electrons. The first-order valence-electron chi connectivity index (χ1n) is 8.65. The Labute approximate surface area is 153 Å². The summed E-state index contributed by atoms with van der Waals surface area (Å²) in [5, 5.41) is 2.98. The second-order valence-corrected chi connectivity index (χ2v) is 6.36. The summed E-state index contributed by atoms with van der Waals surface area (Å²) in [6.45, 7) is 4.00. The molecule has 1 heterocycles. The van der Waals surface area contributed by atoms with Crippen molar-refractivity contribution in [2.24, 2.45) is 0 Å². The van der Waals surface area contributed by atoms with Crippen LogP contribution in [0.4, 0.5) is 5.69 Å². The molecule has 0 aliphatic rings. The minimum atomic E-state index is -0.0129. The normalized spacial score (nSPS) is 10.6. The maximum atomic E-state index is 12.2. The average Bonchev–Trinajstić information content (AvgIpc) is 3.12. The lowest BCUT2D eigenvalue weighted by Crippen LogP contribution is -2.13. The van der Waals surface area contributed by atoms with E-state index in [1.54, 1.807) is 7.11 Å². The van der Waals surface area contributed by atoms with Gasteiger partial charge >= 0.3 is 0 Å². The Morgan fingerprint density at radius 2 is 1.81 bits per heavy atom. The predicted octanol–water partition coefficient (Wildman–Crippen LogP) is 5.14. The number of nitrogens with one attached hydrogen (secondary N) is 1. The molecule has 26 heavy (non-hydrogen) atoms. The Balaban J connectivity index is 1.58. The lowest BCUT2D eigenvalue weighted by molar-refractivity contribution is -0.116. The summed E-state index contributed by atoms with van der Waals surface area (Å²) in [5.74, 6) is 2.38. The molecule has 0 saturated carbocycles. The van der Waals surface area contributed by atoms with Crippen LogP contribution in [0.2, 0.25) is 0 Å². The summed E-state index contributed by atoms with van der Waals surface area (Å²) in [5.41, 5.74) is 4.04. The number of carbonyl (C=O) groups excluding carboxylic acids is 1. The van der Waals surface area contributed by atoms with Gasteiger partial charge in [0.25, 0.3) is 0 Å². The zero-order valence-electron chi connectivity index (χ0n) is 15.3. The summed E-state index contributed by atoms with van der Waals surface area (Å²) in [7, 11) is 1.64. The minimum absolute atomic E-state index is 0.0129. The molecular formula is C22H23NO3. The second kappa shape index (κ2) is 7.91. The number of carbonyl (C=O) groups is 1. The van der Waals surface area contributed by atoms with Crippen LogP contribution in [0.3, 0.4) is 0 Å². The van der Waals surface area contributed by atoms with Crippen molar-refractivity contribution in [2.45, 2.75) is 26.7 Å². The smallest absolute Gasteiger partial charge is 0.224 e. The molecule has 0 unspecified atom stereocenters. The molecule has 0 atom stereocenters. The summed E-state index contributed by atoms with van der Waals surface area (Å²) in [6, 6.07) is 17.6. The van der Waals surface area contributed by atoms with Crippen LogP contribution in [0, 0.1) is 13.8 Å². The van der Waals surface area contributed by atoms with Gasteiger partial charge in [-0.3, -0.25) is 4.79 Å². The summed E-state index contributed by atoms with van der Waals surface area (Å²) >= 11 is 0. The van der Waals surface area contributed by atoms with Crippen LogP contribution in [-0.2, 0) is 11.2 Å². The minimum Gasteiger partial charge on any atom is -0.497 e. The van der Waals surface area contributed by atoms with Gasteiger partial charge in [0, 0.05) is 24.1 Å². The van der Waals surface area contributed by atoms with Crippen molar-refractivity contribution in [3.8, 4) is 17.1 Å². The van der Waals surface area contributed by atoms with Gasteiger partial charge in [-0.05, 0) is 67.4 Å². The van der Waals surface area contributed by atoms with Crippen LogP contribution in [0.1, 0.15) is 23.3 Å². The van der Waals surface area contributed by atoms with E-state index in [-0.39, 0.29) is 5.91 Å². The zero-order valence-corrected chi connectivity index (χ0v) is 15.3. The summed E-state index contributed by atoms with van der Waals surface area (Å²) in [4.78, 5) is 12.2. The van der Waals surface area contributed by atoms with Crippen molar-refractivity contribution in [3.05, 3.63) is 71.5 Å². The number of amides is 1. The number of benzene rings is 2. The highest BCUT2D eigenvalue weighted by Gasteiger charge is 2.09. The highest BCUT2D eigenvalue weighted by atomic mass is 16.5. The fourth-order valence-electron chi connectivity index (χ4n) is 2.74. The van der Waals surface area contributed by atoms with Crippen LogP contribution in [0.25, 0.3) is 11.3 Å². The molecule has 0 saturated heterocycles. The Hall–Kier alpha value is -3.01.